The first-order valence-electron chi connectivity index (χ1n) is 11.1. The van der Waals surface area contributed by atoms with Crippen LogP contribution < -0.4 is 4.74 Å². The zero-order valence-electron chi connectivity index (χ0n) is 19.5. The summed E-state index contributed by atoms with van der Waals surface area (Å²) in [4.78, 5) is 29.0. The topological polar surface area (TPSA) is 71.4 Å². The number of hydrogen-bond donors (Lipinski definition) is 0. The summed E-state index contributed by atoms with van der Waals surface area (Å²) in [7, 11) is 3.12. The summed E-state index contributed by atoms with van der Waals surface area (Å²) in [5.74, 6) is -0.579. The summed E-state index contributed by atoms with van der Waals surface area (Å²) < 4.78 is 24.1. The highest BCUT2D eigenvalue weighted by Gasteiger charge is 2.34. The third kappa shape index (κ3) is 5.75. The highest BCUT2D eigenvalue weighted by Crippen LogP contribution is 2.34. The highest BCUT2D eigenvalue weighted by molar-refractivity contribution is 7.12. The number of amides is 2. The second-order valence-electron chi connectivity index (χ2n) is 7.99. The Morgan fingerprint density at radius 1 is 1.14 bits per heavy atom. The number of rotatable bonds is 9. The molecule has 3 aromatic rings. The molecule has 1 aliphatic heterocycles. The lowest BCUT2D eigenvalue weighted by Crippen LogP contribution is -2.42. The van der Waals surface area contributed by atoms with Crippen molar-refractivity contribution >= 4 is 28.9 Å². The summed E-state index contributed by atoms with van der Waals surface area (Å²) in [5.41, 5.74) is 1.90. The van der Waals surface area contributed by atoms with Crippen molar-refractivity contribution in [3.05, 3.63) is 87.9 Å². The summed E-state index contributed by atoms with van der Waals surface area (Å²) in [5, 5.41) is 8.08. The van der Waals surface area contributed by atoms with Crippen molar-refractivity contribution < 1.29 is 23.5 Å². The van der Waals surface area contributed by atoms with Gasteiger partial charge in [-0.25, -0.2) is 9.40 Å². The van der Waals surface area contributed by atoms with Gasteiger partial charge in [0.05, 0.1) is 30.3 Å². The lowest BCUT2D eigenvalue weighted by Gasteiger charge is -2.27. The Kier molecular flexibility index (Phi) is 7.89. The monoisotopic (exact) mass is 495 g/mol. The maximum atomic E-state index is 13.7. The number of ether oxygens (including phenoxy) is 2. The standard InChI is InChI=1S/C26H26FN3O4S/c1-33-13-12-29(26(32)19-5-3-6-20(27)15-19)17-25(31)30-23(18-8-10-21(34-2)11-9-18)16-22(28-30)24-7-4-14-35-24/h3-11,14-15,23H,12-13,16-17H2,1-2H3/t23-/m1/s1. The van der Waals surface area contributed by atoms with Crippen LogP contribution >= 0.6 is 11.3 Å². The minimum Gasteiger partial charge on any atom is -0.497 e. The van der Waals surface area contributed by atoms with Gasteiger partial charge in [-0.15, -0.1) is 11.3 Å². The minimum absolute atomic E-state index is 0.171. The predicted molar refractivity (Wildman–Crippen MR) is 132 cm³/mol. The van der Waals surface area contributed by atoms with Crippen LogP contribution in [0.5, 0.6) is 5.75 Å². The van der Waals surface area contributed by atoms with Crippen LogP contribution in [0.1, 0.15) is 33.3 Å². The second-order valence-corrected chi connectivity index (χ2v) is 8.93. The van der Waals surface area contributed by atoms with Crippen LogP contribution in [0.2, 0.25) is 0 Å². The van der Waals surface area contributed by atoms with Gasteiger partial charge in [-0.2, -0.15) is 5.10 Å². The van der Waals surface area contributed by atoms with Gasteiger partial charge in [0.25, 0.3) is 11.8 Å². The van der Waals surface area contributed by atoms with Crippen molar-refractivity contribution in [1.29, 1.82) is 0 Å². The van der Waals surface area contributed by atoms with Gasteiger partial charge >= 0.3 is 0 Å². The number of methoxy groups -OCH3 is 2. The molecule has 182 valence electrons. The zero-order chi connectivity index (χ0) is 24.8. The molecule has 0 unspecified atom stereocenters. The molecule has 2 amide bonds. The fraction of sp³-hybridized carbons (Fsp3) is 0.269. The van der Waals surface area contributed by atoms with Crippen LogP contribution in [0.25, 0.3) is 0 Å². The van der Waals surface area contributed by atoms with Crippen molar-refractivity contribution in [1.82, 2.24) is 9.91 Å². The van der Waals surface area contributed by atoms with E-state index in [1.807, 2.05) is 41.8 Å². The second kappa shape index (κ2) is 11.2. The first-order chi connectivity index (χ1) is 17.0. The van der Waals surface area contributed by atoms with E-state index in [0.717, 1.165) is 28.0 Å². The van der Waals surface area contributed by atoms with Gasteiger partial charge in [0.1, 0.15) is 18.1 Å². The number of halogens is 1. The lowest BCUT2D eigenvalue weighted by atomic mass is 10.0. The zero-order valence-corrected chi connectivity index (χ0v) is 20.3. The molecule has 7 nitrogen and oxygen atoms in total. The van der Waals surface area contributed by atoms with E-state index in [4.69, 9.17) is 9.47 Å². The van der Waals surface area contributed by atoms with Crippen molar-refractivity contribution in [3.63, 3.8) is 0 Å². The number of thiophene rings is 1. The molecule has 4 rings (SSSR count). The average molecular weight is 496 g/mol. The Labute approximate surface area is 207 Å². The Hall–Kier alpha value is -3.56. The Bertz CT molecular complexity index is 1200. The summed E-state index contributed by atoms with van der Waals surface area (Å²) in [6.45, 7) is 0.201. The van der Waals surface area contributed by atoms with Gasteiger partial charge in [0.2, 0.25) is 0 Å². The molecule has 0 radical (unpaired) electrons. The largest absolute Gasteiger partial charge is 0.497 e. The number of hydrazone groups is 1. The maximum Gasteiger partial charge on any atom is 0.262 e. The Balaban J connectivity index is 1.60. The molecule has 9 heteroatoms. The Morgan fingerprint density at radius 2 is 1.94 bits per heavy atom. The van der Waals surface area contributed by atoms with Gasteiger partial charge in [0.15, 0.2) is 0 Å². The molecule has 0 N–H and O–H groups in total. The normalized spacial score (nSPS) is 15.1. The average Bonchev–Trinajstić information content (AvgIpc) is 3.56. The Morgan fingerprint density at radius 3 is 2.60 bits per heavy atom. The smallest absolute Gasteiger partial charge is 0.262 e. The van der Waals surface area contributed by atoms with Crippen molar-refractivity contribution in [2.45, 2.75) is 12.5 Å². The maximum absolute atomic E-state index is 13.7. The van der Waals surface area contributed by atoms with E-state index in [2.05, 4.69) is 5.10 Å². The molecule has 0 aliphatic carbocycles. The lowest BCUT2D eigenvalue weighted by molar-refractivity contribution is -0.133. The molecule has 0 spiro atoms. The van der Waals surface area contributed by atoms with Crippen LogP contribution in [0.3, 0.4) is 0 Å². The number of carbonyl (C=O) groups is 2. The van der Waals surface area contributed by atoms with E-state index in [1.165, 1.54) is 35.2 Å². The van der Waals surface area contributed by atoms with Crippen LogP contribution in [0.4, 0.5) is 4.39 Å². The number of hydrogen-bond acceptors (Lipinski definition) is 6. The van der Waals surface area contributed by atoms with Crippen molar-refractivity contribution in [2.24, 2.45) is 5.10 Å². The van der Waals surface area contributed by atoms with E-state index in [1.54, 1.807) is 18.4 Å². The summed E-state index contributed by atoms with van der Waals surface area (Å²) in [6.07, 6.45) is 0.550. The number of carbonyl (C=O) groups excluding carboxylic acids is 2. The van der Waals surface area contributed by atoms with Gasteiger partial charge in [0, 0.05) is 25.6 Å². The van der Waals surface area contributed by atoms with E-state index in [0.29, 0.717) is 6.42 Å². The summed E-state index contributed by atoms with van der Waals surface area (Å²) in [6, 6.07) is 16.5. The van der Waals surface area contributed by atoms with E-state index < -0.39 is 11.7 Å². The molecule has 0 bridgehead atoms. The molecular weight excluding hydrogens is 469 g/mol. The molecule has 0 saturated heterocycles. The van der Waals surface area contributed by atoms with Gasteiger partial charge in [-0.05, 0) is 47.3 Å². The minimum atomic E-state index is -0.516. The molecule has 1 aliphatic rings. The quantitative estimate of drug-likeness (QED) is 0.442. The number of benzene rings is 2. The van der Waals surface area contributed by atoms with Crippen LogP contribution in [0, 0.1) is 5.82 Å². The van der Waals surface area contributed by atoms with Gasteiger partial charge in [-0.1, -0.05) is 24.3 Å². The molecule has 35 heavy (non-hydrogen) atoms. The van der Waals surface area contributed by atoms with E-state index in [9.17, 15) is 14.0 Å². The van der Waals surface area contributed by atoms with E-state index in [-0.39, 0.29) is 37.2 Å². The SMILES string of the molecule is COCCN(CC(=O)N1N=C(c2cccs2)C[C@@H]1c1ccc(OC)cc1)C(=O)c1cccc(F)c1. The molecule has 2 aromatic carbocycles. The van der Waals surface area contributed by atoms with Crippen LogP contribution in [-0.2, 0) is 9.53 Å². The third-order valence-electron chi connectivity index (χ3n) is 5.72. The van der Waals surface area contributed by atoms with Crippen molar-refractivity contribution in [2.75, 3.05) is 33.9 Å². The molecule has 2 heterocycles. The molecule has 1 aromatic heterocycles. The third-order valence-corrected chi connectivity index (χ3v) is 6.64. The van der Waals surface area contributed by atoms with Gasteiger partial charge in [-0.3, -0.25) is 9.59 Å². The molecule has 0 fully saturated rings. The van der Waals surface area contributed by atoms with Crippen LogP contribution in [-0.4, -0.2) is 61.4 Å². The van der Waals surface area contributed by atoms with Crippen molar-refractivity contribution in [3.8, 4) is 5.75 Å². The first kappa shape index (κ1) is 24.6. The molecular formula is C26H26FN3O4S. The highest BCUT2D eigenvalue weighted by atomic mass is 32.1. The van der Waals surface area contributed by atoms with E-state index >= 15 is 0 Å². The van der Waals surface area contributed by atoms with Gasteiger partial charge < -0.3 is 14.4 Å². The fourth-order valence-corrected chi connectivity index (χ4v) is 4.63. The summed E-state index contributed by atoms with van der Waals surface area (Å²) >= 11 is 1.56. The number of nitrogens with zero attached hydrogens (tertiary/aromatic N) is 3. The molecule has 0 saturated carbocycles. The first-order valence-corrected chi connectivity index (χ1v) is 12.0. The predicted octanol–water partition coefficient (Wildman–Crippen LogP) is 4.36. The van der Waals surface area contributed by atoms with Crippen LogP contribution in [0.15, 0.2) is 71.1 Å². The fourth-order valence-electron chi connectivity index (χ4n) is 3.91. The molecule has 1 atom stereocenters.